The second-order valence-corrected chi connectivity index (χ2v) is 6.19. The highest BCUT2D eigenvalue weighted by atomic mass is 35.5. The maximum absolute atomic E-state index is 9.86. The lowest BCUT2D eigenvalue weighted by Gasteiger charge is -2.24. The van der Waals surface area contributed by atoms with E-state index in [1.54, 1.807) is 0 Å². The van der Waals surface area contributed by atoms with Gasteiger partial charge in [0.25, 0.3) is 0 Å². The number of rotatable bonds is 5. The molecule has 0 fully saturated rings. The molecule has 1 atom stereocenters. The molecule has 1 aromatic heterocycles. The third-order valence-corrected chi connectivity index (χ3v) is 4.68. The average Bonchev–Trinajstić information content (AvgIpc) is 2.79. The second kappa shape index (κ2) is 7.38. The van der Waals surface area contributed by atoms with E-state index in [2.05, 4.69) is 29.8 Å². The summed E-state index contributed by atoms with van der Waals surface area (Å²) in [5, 5.41) is 14.6. The van der Waals surface area contributed by atoms with Crippen LogP contribution in [0.3, 0.4) is 0 Å². The van der Waals surface area contributed by atoms with Crippen LogP contribution in [0.25, 0.3) is 10.9 Å². The van der Waals surface area contributed by atoms with E-state index >= 15 is 0 Å². The summed E-state index contributed by atoms with van der Waals surface area (Å²) in [6, 6.07) is 5.85. The molecular formula is C18H27ClN2O. The predicted molar refractivity (Wildman–Crippen MR) is 95.2 cm³/mol. The molecule has 2 aromatic rings. The van der Waals surface area contributed by atoms with Crippen LogP contribution in [0.5, 0.6) is 5.75 Å². The van der Waals surface area contributed by atoms with Crippen LogP contribution in [0.1, 0.15) is 37.9 Å². The Balaban J connectivity index is 0.00000176. The van der Waals surface area contributed by atoms with Crippen molar-refractivity contribution >= 4 is 23.3 Å². The van der Waals surface area contributed by atoms with E-state index < -0.39 is 0 Å². The van der Waals surface area contributed by atoms with Gasteiger partial charge in [0.2, 0.25) is 0 Å². The summed E-state index contributed by atoms with van der Waals surface area (Å²) in [5.41, 5.74) is 4.28. The van der Waals surface area contributed by atoms with Crippen LogP contribution in [0.2, 0.25) is 0 Å². The molecule has 122 valence electrons. The van der Waals surface area contributed by atoms with Crippen molar-refractivity contribution in [1.82, 2.24) is 9.88 Å². The summed E-state index contributed by atoms with van der Waals surface area (Å²) in [4.78, 5) is 0. The number of aromatic hydroxyl groups is 1. The van der Waals surface area contributed by atoms with E-state index in [0.29, 0.717) is 5.75 Å². The van der Waals surface area contributed by atoms with E-state index in [0.717, 1.165) is 38.4 Å². The highest BCUT2D eigenvalue weighted by molar-refractivity contribution is 5.87. The number of hydrogen-bond acceptors (Lipinski definition) is 2. The molecule has 4 heteroatoms. The molecule has 1 unspecified atom stereocenters. The number of fused-ring (bicyclic) bond motifs is 3. The van der Waals surface area contributed by atoms with Crippen LogP contribution in [0.15, 0.2) is 18.2 Å². The molecular weight excluding hydrogens is 296 g/mol. The zero-order chi connectivity index (χ0) is 14.8. The van der Waals surface area contributed by atoms with Gasteiger partial charge in [-0.25, -0.2) is 0 Å². The van der Waals surface area contributed by atoms with Crippen molar-refractivity contribution < 1.29 is 5.11 Å². The standard InChI is InChI=1S/C18H26N2O.ClH/c1-3-9-20-17-7-5-13(12-19-4-2)10-15(17)16-11-14(21)6-8-18(16)20;/h6,8,11,13,19,21H,3-5,7,9-10,12H2,1-2H3;1H. The minimum Gasteiger partial charge on any atom is -0.508 e. The molecule has 1 aliphatic rings. The topological polar surface area (TPSA) is 37.2 Å². The van der Waals surface area contributed by atoms with E-state index in [9.17, 15) is 5.11 Å². The van der Waals surface area contributed by atoms with Gasteiger partial charge in [-0.1, -0.05) is 13.8 Å². The van der Waals surface area contributed by atoms with E-state index in [1.807, 2.05) is 12.1 Å². The van der Waals surface area contributed by atoms with E-state index in [-0.39, 0.29) is 12.4 Å². The molecule has 1 aromatic carbocycles. The maximum Gasteiger partial charge on any atom is 0.116 e. The SMILES string of the molecule is CCCn1c2c(c3cc(O)ccc31)CC(CNCC)CC2.Cl. The number of benzene rings is 1. The van der Waals surface area contributed by atoms with Crippen LogP contribution in [0.4, 0.5) is 0 Å². The molecule has 22 heavy (non-hydrogen) atoms. The van der Waals surface area contributed by atoms with E-state index in [1.165, 1.54) is 35.0 Å². The fourth-order valence-corrected chi connectivity index (χ4v) is 3.71. The van der Waals surface area contributed by atoms with Crippen molar-refractivity contribution in [2.45, 2.75) is 46.1 Å². The van der Waals surface area contributed by atoms with Crippen molar-refractivity contribution in [3.8, 4) is 5.75 Å². The molecule has 3 rings (SSSR count). The van der Waals surface area contributed by atoms with Crippen LogP contribution in [-0.4, -0.2) is 22.8 Å². The molecule has 3 nitrogen and oxygen atoms in total. The Labute approximate surface area is 139 Å². The average molecular weight is 323 g/mol. The summed E-state index contributed by atoms with van der Waals surface area (Å²) in [6.45, 7) is 7.63. The minimum atomic E-state index is 0. The van der Waals surface area contributed by atoms with Crippen LogP contribution in [0, 0.1) is 5.92 Å². The maximum atomic E-state index is 9.86. The zero-order valence-corrected chi connectivity index (χ0v) is 14.4. The van der Waals surface area contributed by atoms with Crippen LogP contribution >= 0.6 is 12.4 Å². The number of nitrogens with zero attached hydrogens (tertiary/aromatic N) is 1. The first-order valence-corrected chi connectivity index (χ1v) is 8.28. The third-order valence-electron chi connectivity index (χ3n) is 4.68. The summed E-state index contributed by atoms with van der Waals surface area (Å²) in [6.07, 6.45) is 4.73. The van der Waals surface area contributed by atoms with Gasteiger partial charge in [0.05, 0.1) is 0 Å². The highest BCUT2D eigenvalue weighted by Crippen LogP contribution is 2.36. The van der Waals surface area contributed by atoms with Gasteiger partial charge in [0, 0.05) is 23.1 Å². The van der Waals surface area contributed by atoms with Gasteiger partial charge in [-0.05, 0) is 68.5 Å². The first-order chi connectivity index (χ1) is 10.2. The molecule has 2 N–H and O–H groups in total. The number of hydrogen-bond donors (Lipinski definition) is 2. The highest BCUT2D eigenvalue weighted by Gasteiger charge is 2.25. The lowest BCUT2D eigenvalue weighted by atomic mass is 9.86. The normalized spacial score (nSPS) is 17.3. The monoisotopic (exact) mass is 322 g/mol. The van der Waals surface area contributed by atoms with Crippen molar-refractivity contribution in [2.24, 2.45) is 5.92 Å². The molecule has 1 aliphatic carbocycles. The van der Waals surface area contributed by atoms with Crippen molar-refractivity contribution in [3.63, 3.8) is 0 Å². The Morgan fingerprint density at radius 3 is 2.86 bits per heavy atom. The Hall–Kier alpha value is -1.19. The van der Waals surface area contributed by atoms with Crippen molar-refractivity contribution in [3.05, 3.63) is 29.5 Å². The zero-order valence-electron chi connectivity index (χ0n) is 13.6. The van der Waals surface area contributed by atoms with Gasteiger partial charge in [0.15, 0.2) is 0 Å². The summed E-state index contributed by atoms with van der Waals surface area (Å²) < 4.78 is 2.48. The van der Waals surface area contributed by atoms with Crippen molar-refractivity contribution in [1.29, 1.82) is 0 Å². The van der Waals surface area contributed by atoms with Gasteiger partial charge < -0.3 is 15.0 Å². The summed E-state index contributed by atoms with van der Waals surface area (Å²) in [7, 11) is 0. The minimum absolute atomic E-state index is 0. The first kappa shape index (κ1) is 17.2. The van der Waals surface area contributed by atoms with Crippen molar-refractivity contribution in [2.75, 3.05) is 13.1 Å². The first-order valence-electron chi connectivity index (χ1n) is 8.28. The Kier molecular flexibility index (Phi) is 5.76. The number of phenolic OH excluding ortho intramolecular Hbond substituents is 1. The molecule has 0 saturated carbocycles. The number of aromatic nitrogens is 1. The Bertz CT molecular complexity index is 636. The lowest BCUT2D eigenvalue weighted by molar-refractivity contribution is 0.422. The van der Waals surface area contributed by atoms with Gasteiger partial charge in [-0.2, -0.15) is 0 Å². The van der Waals surface area contributed by atoms with Gasteiger partial charge in [-0.15, -0.1) is 12.4 Å². The van der Waals surface area contributed by atoms with Crippen LogP contribution in [-0.2, 0) is 19.4 Å². The van der Waals surface area contributed by atoms with Gasteiger partial charge in [0.1, 0.15) is 5.75 Å². The summed E-state index contributed by atoms with van der Waals surface area (Å²) >= 11 is 0. The fourth-order valence-electron chi connectivity index (χ4n) is 3.71. The molecule has 0 radical (unpaired) electrons. The van der Waals surface area contributed by atoms with Gasteiger partial charge in [-0.3, -0.25) is 0 Å². The molecule has 0 aliphatic heterocycles. The van der Waals surface area contributed by atoms with E-state index in [4.69, 9.17) is 0 Å². The largest absolute Gasteiger partial charge is 0.508 e. The number of aryl methyl sites for hydroxylation is 1. The predicted octanol–water partition coefficient (Wildman–Crippen LogP) is 3.89. The quantitative estimate of drug-likeness (QED) is 0.876. The lowest BCUT2D eigenvalue weighted by Crippen LogP contribution is -2.27. The third kappa shape index (κ3) is 3.11. The fraction of sp³-hybridized carbons (Fsp3) is 0.556. The Morgan fingerprint density at radius 1 is 1.32 bits per heavy atom. The molecule has 0 bridgehead atoms. The molecule has 0 saturated heterocycles. The van der Waals surface area contributed by atoms with Gasteiger partial charge >= 0.3 is 0 Å². The summed E-state index contributed by atoms with van der Waals surface area (Å²) in [5.74, 6) is 1.10. The van der Waals surface area contributed by atoms with Crippen LogP contribution < -0.4 is 5.32 Å². The smallest absolute Gasteiger partial charge is 0.116 e. The molecule has 0 spiro atoms. The second-order valence-electron chi connectivity index (χ2n) is 6.19. The number of nitrogens with one attached hydrogen (secondary N) is 1. The Morgan fingerprint density at radius 2 is 2.14 bits per heavy atom. The molecule has 0 amide bonds. The number of halogens is 1. The molecule has 1 heterocycles. The number of phenols is 1.